The van der Waals surface area contributed by atoms with E-state index in [9.17, 15) is 4.79 Å². The van der Waals surface area contributed by atoms with Gasteiger partial charge in [0.2, 0.25) is 0 Å². The minimum atomic E-state index is -0.780. The molecule has 19 heavy (non-hydrogen) atoms. The van der Waals surface area contributed by atoms with Gasteiger partial charge in [0.25, 0.3) is 0 Å². The van der Waals surface area contributed by atoms with Crippen LogP contribution in [-0.2, 0) is 9.53 Å². The fourth-order valence-electron chi connectivity index (χ4n) is 2.27. The fourth-order valence-corrected chi connectivity index (χ4v) is 2.27. The molecule has 4 heteroatoms. The van der Waals surface area contributed by atoms with Crippen molar-refractivity contribution in [1.82, 2.24) is 0 Å². The zero-order chi connectivity index (χ0) is 14.4. The minimum absolute atomic E-state index is 0.0104. The number of anilines is 1. The second kappa shape index (κ2) is 7.14. The summed E-state index contributed by atoms with van der Waals surface area (Å²) in [6, 6.07) is 5.77. The summed E-state index contributed by atoms with van der Waals surface area (Å²) < 4.78 is 5.53. The predicted molar refractivity (Wildman–Crippen MR) is 76.2 cm³/mol. The van der Waals surface area contributed by atoms with Crippen molar-refractivity contribution in [3.05, 3.63) is 29.3 Å². The highest BCUT2D eigenvalue weighted by molar-refractivity contribution is 5.68. The number of hydrogen-bond acceptors (Lipinski definition) is 3. The summed E-state index contributed by atoms with van der Waals surface area (Å²) in [5.74, 6) is -0.770. The van der Waals surface area contributed by atoms with Crippen molar-refractivity contribution in [3.8, 4) is 0 Å². The molecule has 0 radical (unpaired) electrons. The minimum Gasteiger partial charge on any atom is -0.481 e. The zero-order valence-electron chi connectivity index (χ0n) is 11.8. The number of nitrogen functional groups attached to an aromatic ring is 1. The Morgan fingerprint density at radius 3 is 2.58 bits per heavy atom. The highest BCUT2D eigenvalue weighted by Gasteiger charge is 2.16. The van der Waals surface area contributed by atoms with Crippen molar-refractivity contribution in [2.75, 3.05) is 12.3 Å². The number of carbonyl (C=O) groups is 1. The standard InChI is InChI=1S/C15H23NO3/c1-4-11(9-15(17)18)12-6-7-13(14(16)8-12)10(3)19-5-2/h6-8,10-11H,4-5,9,16H2,1-3H3,(H,17,18)/t10-,11+/m1/s1. The average molecular weight is 265 g/mol. The normalized spacial score (nSPS) is 14.1. The summed E-state index contributed by atoms with van der Waals surface area (Å²) >= 11 is 0. The van der Waals surface area contributed by atoms with Gasteiger partial charge >= 0.3 is 5.97 Å². The summed E-state index contributed by atoms with van der Waals surface area (Å²) in [6.07, 6.45) is 0.876. The molecule has 0 aromatic heterocycles. The Morgan fingerprint density at radius 1 is 1.42 bits per heavy atom. The Labute approximate surface area is 114 Å². The first-order valence-electron chi connectivity index (χ1n) is 6.72. The van der Waals surface area contributed by atoms with Gasteiger partial charge in [-0.15, -0.1) is 0 Å². The van der Waals surface area contributed by atoms with Crippen molar-refractivity contribution in [2.24, 2.45) is 0 Å². The van der Waals surface area contributed by atoms with E-state index in [1.807, 2.05) is 39.0 Å². The van der Waals surface area contributed by atoms with Crippen molar-refractivity contribution < 1.29 is 14.6 Å². The van der Waals surface area contributed by atoms with E-state index in [4.69, 9.17) is 15.6 Å². The molecule has 0 aliphatic heterocycles. The third-order valence-corrected chi connectivity index (χ3v) is 3.35. The molecule has 0 unspecified atom stereocenters. The van der Waals surface area contributed by atoms with E-state index in [2.05, 4.69) is 0 Å². The molecule has 106 valence electrons. The molecular formula is C15H23NO3. The van der Waals surface area contributed by atoms with Crippen LogP contribution in [0, 0.1) is 0 Å². The lowest BCUT2D eigenvalue weighted by Gasteiger charge is -2.18. The third-order valence-electron chi connectivity index (χ3n) is 3.35. The van der Waals surface area contributed by atoms with Crippen molar-refractivity contribution in [2.45, 2.75) is 45.6 Å². The van der Waals surface area contributed by atoms with Crippen LogP contribution in [0.5, 0.6) is 0 Å². The van der Waals surface area contributed by atoms with E-state index in [1.165, 1.54) is 0 Å². The molecule has 2 atom stereocenters. The van der Waals surface area contributed by atoms with E-state index in [-0.39, 0.29) is 18.4 Å². The lowest BCUT2D eigenvalue weighted by molar-refractivity contribution is -0.137. The molecule has 0 aliphatic rings. The Balaban J connectivity index is 2.94. The molecule has 0 aliphatic carbocycles. The van der Waals surface area contributed by atoms with E-state index < -0.39 is 5.97 Å². The molecule has 1 rings (SSSR count). The number of aliphatic carboxylic acids is 1. The van der Waals surface area contributed by atoms with Gasteiger partial charge in [0.1, 0.15) is 0 Å². The molecule has 0 bridgehead atoms. The second-order valence-electron chi connectivity index (χ2n) is 4.69. The van der Waals surface area contributed by atoms with Gasteiger partial charge in [-0.25, -0.2) is 0 Å². The highest BCUT2D eigenvalue weighted by Crippen LogP contribution is 2.30. The summed E-state index contributed by atoms with van der Waals surface area (Å²) in [6.45, 7) is 6.53. The van der Waals surface area contributed by atoms with Crippen LogP contribution in [0.15, 0.2) is 18.2 Å². The van der Waals surface area contributed by atoms with Crippen LogP contribution in [-0.4, -0.2) is 17.7 Å². The maximum atomic E-state index is 10.8. The number of rotatable bonds is 7. The molecule has 0 spiro atoms. The van der Waals surface area contributed by atoms with Gasteiger partial charge in [0.15, 0.2) is 0 Å². The molecular weight excluding hydrogens is 242 g/mol. The summed E-state index contributed by atoms with van der Waals surface area (Å²) in [4.78, 5) is 10.8. The number of benzene rings is 1. The van der Waals surface area contributed by atoms with Crippen LogP contribution in [0.3, 0.4) is 0 Å². The van der Waals surface area contributed by atoms with Gasteiger partial charge in [-0.05, 0) is 37.8 Å². The van der Waals surface area contributed by atoms with E-state index in [0.29, 0.717) is 12.3 Å². The number of ether oxygens (including phenoxy) is 1. The molecule has 0 saturated heterocycles. The Kier molecular flexibility index (Phi) is 5.83. The van der Waals surface area contributed by atoms with Gasteiger partial charge in [-0.1, -0.05) is 19.1 Å². The largest absolute Gasteiger partial charge is 0.481 e. The van der Waals surface area contributed by atoms with Crippen molar-refractivity contribution in [1.29, 1.82) is 0 Å². The van der Waals surface area contributed by atoms with Gasteiger partial charge in [-0.3, -0.25) is 4.79 Å². The lowest BCUT2D eigenvalue weighted by Crippen LogP contribution is -2.08. The lowest BCUT2D eigenvalue weighted by atomic mass is 9.91. The van der Waals surface area contributed by atoms with Crippen LogP contribution < -0.4 is 5.73 Å². The topological polar surface area (TPSA) is 72.5 Å². The molecule has 1 aromatic rings. The molecule has 3 N–H and O–H groups in total. The molecule has 1 aromatic carbocycles. The molecule has 0 saturated carbocycles. The average Bonchev–Trinajstić information content (AvgIpc) is 2.35. The van der Waals surface area contributed by atoms with Crippen molar-refractivity contribution in [3.63, 3.8) is 0 Å². The maximum Gasteiger partial charge on any atom is 0.303 e. The molecule has 0 amide bonds. The van der Waals surface area contributed by atoms with Gasteiger partial charge in [-0.2, -0.15) is 0 Å². The monoisotopic (exact) mass is 265 g/mol. The first-order valence-corrected chi connectivity index (χ1v) is 6.72. The molecule has 0 fully saturated rings. The molecule has 0 heterocycles. The van der Waals surface area contributed by atoms with Crippen LogP contribution in [0.25, 0.3) is 0 Å². The number of carboxylic acids is 1. The first kappa shape index (κ1) is 15.5. The SMILES string of the molecule is CCO[C@H](C)c1ccc([C@@H](CC)CC(=O)O)cc1N. The van der Waals surface area contributed by atoms with E-state index in [1.54, 1.807) is 0 Å². The maximum absolute atomic E-state index is 10.8. The fraction of sp³-hybridized carbons (Fsp3) is 0.533. The van der Waals surface area contributed by atoms with Gasteiger partial charge in [0.05, 0.1) is 12.5 Å². The Morgan fingerprint density at radius 2 is 2.11 bits per heavy atom. The Hall–Kier alpha value is -1.55. The van der Waals surface area contributed by atoms with Crippen molar-refractivity contribution >= 4 is 11.7 Å². The van der Waals surface area contributed by atoms with Gasteiger partial charge in [0, 0.05) is 17.9 Å². The van der Waals surface area contributed by atoms with E-state index in [0.717, 1.165) is 17.5 Å². The van der Waals surface area contributed by atoms with E-state index >= 15 is 0 Å². The Bertz CT molecular complexity index is 431. The highest BCUT2D eigenvalue weighted by atomic mass is 16.5. The summed E-state index contributed by atoms with van der Waals surface area (Å²) in [5.41, 5.74) is 8.65. The summed E-state index contributed by atoms with van der Waals surface area (Å²) in [5, 5.41) is 8.91. The van der Waals surface area contributed by atoms with Crippen LogP contribution >= 0.6 is 0 Å². The second-order valence-corrected chi connectivity index (χ2v) is 4.69. The van der Waals surface area contributed by atoms with Gasteiger partial charge < -0.3 is 15.6 Å². The number of carboxylic acid groups (broad SMARTS) is 1. The zero-order valence-corrected chi connectivity index (χ0v) is 11.8. The first-order chi connectivity index (χ1) is 8.99. The third kappa shape index (κ3) is 4.24. The predicted octanol–water partition coefficient (Wildman–Crippen LogP) is 3.33. The quantitative estimate of drug-likeness (QED) is 0.742. The van der Waals surface area contributed by atoms with Crippen LogP contribution in [0.4, 0.5) is 5.69 Å². The summed E-state index contributed by atoms with van der Waals surface area (Å²) in [7, 11) is 0. The van der Waals surface area contributed by atoms with Crippen LogP contribution in [0.1, 0.15) is 56.8 Å². The van der Waals surface area contributed by atoms with Crippen LogP contribution in [0.2, 0.25) is 0 Å². The molecule has 4 nitrogen and oxygen atoms in total. The number of hydrogen-bond donors (Lipinski definition) is 2. The smallest absolute Gasteiger partial charge is 0.303 e. The number of nitrogens with two attached hydrogens (primary N) is 1.